The molecule has 19 heavy (non-hydrogen) atoms. The Morgan fingerprint density at radius 1 is 1.26 bits per heavy atom. The summed E-state index contributed by atoms with van der Waals surface area (Å²) in [6, 6.07) is 6.29. The van der Waals surface area contributed by atoms with E-state index in [1.54, 1.807) is 6.07 Å². The first-order valence-electron chi connectivity index (χ1n) is 5.34. The van der Waals surface area contributed by atoms with Gasteiger partial charge in [-0.1, -0.05) is 23.2 Å². The lowest BCUT2D eigenvalue weighted by molar-refractivity contribution is 0.467. The Kier molecular flexibility index (Phi) is 4.53. The first-order valence-corrected chi connectivity index (χ1v) is 8.47. The molecule has 1 aromatic heterocycles. The Morgan fingerprint density at radius 3 is 2.63 bits per heavy atom. The van der Waals surface area contributed by atoms with Crippen LogP contribution in [0.2, 0.25) is 10.0 Å². The summed E-state index contributed by atoms with van der Waals surface area (Å²) in [6.07, 6.45) is 0. The van der Waals surface area contributed by atoms with E-state index >= 15 is 0 Å². The molecule has 102 valence electrons. The van der Waals surface area contributed by atoms with Crippen LogP contribution >= 0.6 is 34.5 Å². The first-order chi connectivity index (χ1) is 8.91. The van der Waals surface area contributed by atoms with Gasteiger partial charge >= 0.3 is 0 Å². The molecule has 1 heterocycles. The van der Waals surface area contributed by atoms with Gasteiger partial charge in [0.25, 0.3) is 0 Å². The predicted molar refractivity (Wildman–Crippen MR) is 79.4 cm³/mol. The largest absolute Gasteiger partial charge is 0.244 e. The van der Waals surface area contributed by atoms with Crippen LogP contribution in [0.25, 0.3) is 0 Å². The van der Waals surface area contributed by atoms with E-state index in [-0.39, 0.29) is 9.92 Å². The van der Waals surface area contributed by atoms with Crippen LogP contribution in [0.3, 0.4) is 0 Å². The van der Waals surface area contributed by atoms with Crippen molar-refractivity contribution in [1.82, 2.24) is 4.31 Å². The maximum absolute atomic E-state index is 12.4. The van der Waals surface area contributed by atoms with Crippen LogP contribution in [-0.2, 0) is 16.6 Å². The number of hydrogen-bond acceptors (Lipinski definition) is 3. The van der Waals surface area contributed by atoms with E-state index in [1.807, 2.05) is 16.8 Å². The van der Waals surface area contributed by atoms with Crippen molar-refractivity contribution >= 4 is 44.6 Å². The quantitative estimate of drug-likeness (QED) is 0.850. The van der Waals surface area contributed by atoms with Gasteiger partial charge in [0.15, 0.2) is 0 Å². The second-order valence-electron chi connectivity index (χ2n) is 3.97. The van der Waals surface area contributed by atoms with Crippen molar-refractivity contribution in [3.05, 3.63) is 50.6 Å². The van der Waals surface area contributed by atoms with Crippen LogP contribution in [0.15, 0.2) is 39.9 Å². The van der Waals surface area contributed by atoms with Gasteiger partial charge in [0.2, 0.25) is 10.0 Å². The van der Waals surface area contributed by atoms with Crippen molar-refractivity contribution < 1.29 is 8.42 Å². The molecule has 0 saturated heterocycles. The zero-order valence-corrected chi connectivity index (χ0v) is 13.2. The molecule has 0 radical (unpaired) electrons. The molecule has 1 aromatic carbocycles. The molecule has 0 saturated carbocycles. The molecule has 7 heteroatoms. The lowest BCUT2D eigenvalue weighted by Gasteiger charge is -2.17. The minimum Gasteiger partial charge on any atom is -0.207 e. The van der Waals surface area contributed by atoms with Crippen molar-refractivity contribution in [2.24, 2.45) is 0 Å². The minimum absolute atomic E-state index is 0.0272. The fourth-order valence-corrected chi connectivity index (χ4v) is 4.12. The second kappa shape index (κ2) is 5.81. The van der Waals surface area contributed by atoms with Crippen LogP contribution in [-0.4, -0.2) is 19.8 Å². The van der Waals surface area contributed by atoms with Crippen molar-refractivity contribution in [2.45, 2.75) is 11.4 Å². The Labute approximate surface area is 126 Å². The number of hydrogen-bond donors (Lipinski definition) is 0. The summed E-state index contributed by atoms with van der Waals surface area (Å²) in [7, 11) is -2.13. The van der Waals surface area contributed by atoms with Gasteiger partial charge in [-0.3, -0.25) is 0 Å². The number of benzene rings is 1. The minimum atomic E-state index is -3.65. The fraction of sp³-hybridized carbons (Fsp3) is 0.167. The Bertz CT molecular complexity index is 669. The first kappa shape index (κ1) is 14.8. The summed E-state index contributed by atoms with van der Waals surface area (Å²) in [5.74, 6) is 0. The lowest BCUT2D eigenvalue weighted by Crippen LogP contribution is -2.26. The molecule has 0 aliphatic carbocycles. The van der Waals surface area contributed by atoms with Crippen LogP contribution in [0.4, 0.5) is 0 Å². The normalized spacial score (nSPS) is 12.0. The van der Waals surface area contributed by atoms with E-state index in [4.69, 9.17) is 23.2 Å². The molecule has 0 amide bonds. The molecule has 0 aliphatic rings. The number of rotatable bonds is 4. The highest BCUT2D eigenvalue weighted by atomic mass is 35.5. The van der Waals surface area contributed by atoms with Crippen LogP contribution in [0.1, 0.15) is 5.56 Å². The monoisotopic (exact) mass is 335 g/mol. The van der Waals surface area contributed by atoms with Gasteiger partial charge in [0.1, 0.15) is 4.90 Å². The van der Waals surface area contributed by atoms with E-state index in [0.29, 0.717) is 11.6 Å². The maximum Gasteiger partial charge on any atom is 0.244 e. The van der Waals surface area contributed by atoms with E-state index < -0.39 is 10.0 Å². The number of thiophene rings is 1. The standard InChI is InChI=1S/C12H11Cl2NO2S2/c1-15(7-9-4-5-18-8-9)19(16,17)12-6-10(13)2-3-11(12)14/h2-6,8H,7H2,1H3. The highest BCUT2D eigenvalue weighted by molar-refractivity contribution is 7.89. The summed E-state index contributed by atoms with van der Waals surface area (Å²) in [5.41, 5.74) is 0.939. The van der Waals surface area contributed by atoms with Crippen LogP contribution in [0, 0.1) is 0 Å². The number of nitrogens with zero attached hydrogens (tertiary/aromatic N) is 1. The summed E-state index contributed by atoms with van der Waals surface area (Å²) in [6.45, 7) is 0.300. The van der Waals surface area contributed by atoms with Crippen molar-refractivity contribution in [2.75, 3.05) is 7.05 Å². The Balaban J connectivity index is 2.33. The van der Waals surface area contributed by atoms with Gasteiger partial charge in [-0.25, -0.2) is 8.42 Å². The van der Waals surface area contributed by atoms with Gasteiger partial charge in [0, 0.05) is 18.6 Å². The highest BCUT2D eigenvalue weighted by Crippen LogP contribution is 2.28. The third-order valence-corrected chi connectivity index (χ3v) is 5.82. The van der Waals surface area contributed by atoms with Gasteiger partial charge in [-0.05, 0) is 40.6 Å². The van der Waals surface area contributed by atoms with E-state index in [0.717, 1.165) is 5.56 Å². The zero-order valence-electron chi connectivity index (χ0n) is 10.0. The van der Waals surface area contributed by atoms with E-state index in [9.17, 15) is 8.42 Å². The van der Waals surface area contributed by atoms with E-state index in [2.05, 4.69) is 0 Å². The summed E-state index contributed by atoms with van der Waals surface area (Å²) in [5, 5.41) is 4.32. The average Bonchev–Trinajstić information content (AvgIpc) is 2.85. The van der Waals surface area contributed by atoms with Crippen LogP contribution < -0.4 is 0 Å². The fourth-order valence-electron chi connectivity index (χ4n) is 1.57. The third-order valence-electron chi connectivity index (χ3n) is 2.57. The smallest absolute Gasteiger partial charge is 0.207 e. The van der Waals surface area contributed by atoms with Gasteiger partial charge in [0.05, 0.1) is 5.02 Å². The molecular weight excluding hydrogens is 325 g/mol. The molecule has 0 fully saturated rings. The molecule has 0 unspecified atom stereocenters. The average molecular weight is 336 g/mol. The molecule has 0 spiro atoms. The molecule has 2 rings (SSSR count). The highest BCUT2D eigenvalue weighted by Gasteiger charge is 2.24. The molecule has 0 atom stereocenters. The number of sulfonamides is 1. The predicted octanol–water partition coefficient (Wildman–Crippen LogP) is 3.88. The molecule has 0 bridgehead atoms. The molecule has 3 nitrogen and oxygen atoms in total. The molecule has 0 N–H and O–H groups in total. The molecule has 0 aliphatic heterocycles. The second-order valence-corrected chi connectivity index (χ2v) is 7.60. The number of halogens is 2. The Morgan fingerprint density at radius 2 is 2.00 bits per heavy atom. The van der Waals surface area contributed by atoms with Crippen molar-refractivity contribution in [3.63, 3.8) is 0 Å². The van der Waals surface area contributed by atoms with Gasteiger partial charge in [-0.2, -0.15) is 15.6 Å². The van der Waals surface area contributed by atoms with Crippen LogP contribution in [0.5, 0.6) is 0 Å². The van der Waals surface area contributed by atoms with E-state index in [1.165, 1.54) is 34.8 Å². The Hall–Kier alpha value is -0.590. The summed E-state index contributed by atoms with van der Waals surface area (Å²) < 4.78 is 26.1. The lowest BCUT2D eigenvalue weighted by atomic mass is 10.3. The summed E-state index contributed by atoms with van der Waals surface area (Å²) >= 11 is 13.3. The summed E-state index contributed by atoms with van der Waals surface area (Å²) in [4.78, 5) is 0.0272. The van der Waals surface area contributed by atoms with Gasteiger partial charge in [-0.15, -0.1) is 0 Å². The SMILES string of the molecule is CN(Cc1ccsc1)S(=O)(=O)c1cc(Cl)ccc1Cl. The topological polar surface area (TPSA) is 37.4 Å². The van der Waals surface area contributed by atoms with Crippen molar-refractivity contribution in [3.8, 4) is 0 Å². The van der Waals surface area contributed by atoms with Gasteiger partial charge < -0.3 is 0 Å². The maximum atomic E-state index is 12.4. The molecular formula is C12H11Cl2NO2S2. The zero-order chi connectivity index (χ0) is 14.0. The molecule has 2 aromatic rings. The third kappa shape index (κ3) is 3.30. The van der Waals surface area contributed by atoms with Crippen molar-refractivity contribution in [1.29, 1.82) is 0 Å².